The summed E-state index contributed by atoms with van der Waals surface area (Å²) in [7, 11) is 0. The minimum absolute atomic E-state index is 1.02. The number of rotatable bonds is 2. The van der Waals surface area contributed by atoms with E-state index in [-0.39, 0.29) is 0 Å². The van der Waals surface area contributed by atoms with Crippen LogP contribution in [0.1, 0.15) is 23.4 Å². The maximum Gasteiger partial charge on any atom is 0.185 e. The molecule has 21 heavy (non-hydrogen) atoms. The first-order chi connectivity index (χ1) is 10.3. The smallest absolute Gasteiger partial charge is 0.185 e. The Balaban J connectivity index is 1.49. The molecule has 3 heterocycles. The lowest BCUT2D eigenvalue weighted by atomic mass is 10.2. The number of hydrogen-bond acceptors (Lipinski definition) is 6. The van der Waals surface area contributed by atoms with Crippen LogP contribution in [-0.2, 0) is 12.8 Å². The number of thiazole rings is 1. The summed E-state index contributed by atoms with van der Waals surface area (Å²) in [4.78, 5) is 18.4. The third-order valence-electron chi connectivity index (χ3n) is 4.31. The van der Waals surface area contributed by atoms with Crippen molar-refractivity contribution in [2.45, 2.75) is 26.2 Å². The first-order valence-electron chi connectivity index (χ1n) is 7.56. The van der Waals surface area contributed by atoms with Gasteiger partial charge in [-0.1, -0.05) is 0 Å². The summed E-state index contributed by atoms with van der Waals surface area (Å²) in [5.41, 5.74) is 3.76. The van der Waals surface area contributed by atoms with E-state index in [1.807, 2.05) is 0 Å². The second-order valence-corrected chi connectivity index (χ2v) is 6.56. The Morgan fingerprint density at radius 3 is 2.62 bits per heavy atom. The minimum Gasteiger partial charge on any atom is -0.353 e. The lowest BCUT2D eigenvalue weighted by Crippen LogP contribution is -2.47. The van der Waals surface area contributed by atoms with Crippen molar-refractivity contribution >= 4 is 22.3 Å². The Morgan fingerprint density at radius 1 is 1.05 bits per heavy atom. The lowest BCUT2D eigenvalue weighted by molar-refractivity contribution is 0.642. The van der Waals surface area contributed by atoms with Crippen LogP contribution in [0.5, 0.6) is 0 Å². The number of aromatic nitrogens is 3. The molecule has 2 aromatic rings. The van der Waals surface area contributed by atoms with E-state index in [1.54, 1.807) is 17.7 Å². The third-order valence-corrected chi connectivity index (χ3v) is 5.33. The summed E-state index contributed by atoms with van der Waals surface area (Å²) >= 11 is 1.74. The molecule has 2 aromatic heterocycles. The van der Waals surface area contributed by atoms with Crippen molar-refractivity contribution in [2.75, 3.05) is 36.0 Å². The van der Waals surface area contributed by atoms with Gasteiger partial charge in [-0.15, -0.1) is 11.3 Å². The largest absolute Gasteiger partial charge is 0.353 e. The van der Waals surface area contributed by atoms with Crippen LogP contribution in [0, 0.1) is 6.92 Å². The van der Waals surface area contributed by atoms with Crippen molar-refractivity contribution in [1.29, 1.82) is 0 Å². The Kier molecular flexibility index (Phi) is 3.25. The number of hydrogen-bond donors (Lipinski definition) is 0. The molecule has 0 atom stereocenters. The number of fused-ring (bicyclic) bond motifs is 1. The Bertz CT molecular complexity index is 645. The van der Waals surface area contributed by atoms with Gasteiger partial charge in [0.25, 0.3) is 0 Å². The average molecular weight is 301 g/mol. The molecule has 5 nitrogen and oxygen atoms in total. The second kappa shape index (κ2) is 5.26. The van der Waals surface area contributed by atoms with Gasteiger partial charge in [-0.3, -0.25) is 0 Å². The summed E-state index contributed by atoms with van der Waals surface area (Å²) in [6.07, 6.45) is 5.20. The summed E-state index contributed by atoms with van der Waals surface area (Å²) in [6, 6.07) is 0. The molecule has 110 valence electrons. The van der Waals surface area contributed by atoms with Gasteiger partial charge >= 0.3 is 0 Å². The predicted octanol–water partition coefficient (Wildman–Crippen LogP) is 2.06. The summed E-state index contributed by atoms with van der Waals surface area (Å²) < 4.78 is 0. The highest BCUT2D eigenvalue weighted by molar-refractivity contribution is 7.13. The van der Waals surface area contributed by atoms with E-state index < -0.39 is 0 Å². The van der Waals surface area contributed by atoms with Crippen LogP contribution in [0.15, 0.2) is 11.7 Å². The number of aryl methyl sites for hydroxylation is 2. The summed E-state index contributed by atoms with van der Waals surface area (Å²) in [5.74, 6) is 1.17. The van der Waals surface area contributed by atoms with Gasteiger partial charge < -0.3 is 9.80 Å². The topological polar surface area (TPSA) is 45.2 Å². The molecule has 1 aliphatic heterocycles. The highest BCUT2D eigenvalue weighted by Gasteiger charge is 2.25. The SMILES string of the molecule is Cc1csc(N2CCN(c3ncnc4c3CCC4)CC2)n1. The quantitative estimate of drug-likeness (QED) is 0.849. The van der Waals surface area contributed by atoms with Crippen LogP contribution >= 0.6 is 11.3 Å². The molecule has 0 spiro atoms. The van der Waals surface area contributed by atoms with Crippen molar-refractivity contribution in [3.63, 3.8) is 0 Å². The van der Waals surface area contributed by atoms with E-state index in [2.05, 4.69) is 37.1 Å². The highest BCUT2D eigenvalue weighted by atomic mass is 32.1. The fourth-order valence-corrected chi connectivity index (χ4v) is 4.07. The van der Waals surface area contributed by atoms with Crippen molar-refractivity contribution in [3.8, 4) is 0 Å². The summed E-state index contributed by atoms with van der Waals surface area (Å²) in [6.45, 7) is 6.13. The van der Waals surface area contributed by atoms with Gasteiger partial charge in [0.2, 0.25) is 0 Å². The fraction of sp³-hybridized carbons (Fsp3) is 0.533. The molecule has 1 fully saturated rings. The van der Waals surface area contributed by atoms with Crippen molar-refractivity contribution in [2.24, 2.45) is 0 Å². The zero-order chi connectivity index (χ0) is 14.2. The van der Waals surface area contributed by atoms with Crippen LogP contribution in [0.4, 0.5) is 10.9 Å². The van der Waals surface area contributed by atoms with E-state index in [9.17, 15) is 0 Å². The molecule has 0 aromatic carbocycles. The number of nitrogens with zero attached hydrogens (tertiary/aromatic N) is 5. The monoisotopic (exact) mass is 301 g/mol. The highest BCUT2D eigenvalue weighted by Crippen LogP contribution is 2.29. The molecule has 0 amide bonds. The molecule has 6 heteroatoms. The van der Waals surface area contributed by atoms with Gasteiger partial charge in [0, 0.05) is 42.8 Å². The van der Waals surface area contributed by atoms with Crippen LogP contribution in [0.3, 0.4) is 0 Å². The maximum absolute atomic E-state index is 4.59. The molecule has 0 saturated carbocycles. The molecule has 1 aliphatic carbocycles. The zero-order valence-electron chi connectivity index (χ0n) is 12.2. The van der Waals surface area contributed by atoms with Crippen molar-refractivity contribution in [1.82, 2.24) is 15.0 Å². The zero-order valence-corrected chi connectivity index (χ0v) is 13.1. The van der Waals surface area contributed by atoms with Gasteiger partial charge in [0.15, 0.2) is 5.13 Å². The molecule has 0 radical (unpaired) electrons. The van der Waals surface area contributed by atoms with Gasteiger partial charge in [-0.25, -0.2) is 15.0 Å². The number of anilines is 2. The van der Waals surface area contributed by atoms with Gasteiger partial charge in [-0.05, 0) is 26.2 Å². The maximum atomic E-state index is 4.59. The van der Waals surface area contributed by atoms with E-state index in [0.29, 0.717) is 0 Å². The molecule has 4 rings (SSSR count). The fourth-order valence-electron chi connectivity index (χ4n) is 3.21. The van der Waals surface area contributed by atoms with E-state index in [1.165, 1.54) is 23.5 Å². The Hall–Kier alpha value is -1.69. The molecule has 0 unspecified atom stereocenters. The van der Waals surface area contributed by atoms with E-state index in [4.69, 9.17) is 0 Å². The van der Waals surface area contributed by atoms with Crippen molar-refractivity contribution < 1.29 is 0 Å². The van der Waals surface area contributed by atoms with Gasteiger partial charge in [-0.2, -0.15) is 0 Å². The van der Waals surface area contributed by atoms with Crippen LogP contribution < -0.4 is 9.80 Å². The first kappa shape index (κ1) is 13.0. The Morgan fingerprint density at radius 2 is 1.86 bits per heavy atom. The van der Waals surface area contributed by atoms with Gasteiger partial charge in [0.1, 0.15) is 12.1 Å². The van der Waals surface area contributed by atoms with E-state index >= 15 is 0 Å². The second-order valence-electron chi connectivity index (χ2n) is 5.72. The number of piperazine rings is 1. The van der Waals surface area contributed by atoms with Gasteiger partial charge in [0.05, 0.1) is 5.69 Å². The van der Waals surface area contributed by atoms with Crippen LogP contribution in [-0.4, -0.2) is 41.1 Å². The van der Waals surface area contributed by atoms with Crippen LogP contribution in [0.2, 0.25) is 0 Å². The molecule has 1 saturated heterocycles. The van der Waals surface area contributed by atoms with Crippen molar-refractivity contribution in [3.05, 3.63) is 28.7 Å². The van der Waals surface area contributed by atoms with E-state index in [0.717, 1.165) is 49.8 Å². The van der Waals surface area contributed by atoms with Crippen LogP contribution in [0.25, 0.3) is 0 Å². The molecule has 0 bridgehead atoms. The lowest BCUT2D eigenvalue weighted by Gasteiger charge is -2.36. The standard InChI is InChI=1S/C15H19N5S/c1-11-9-21-15(18-11)20-7-5-19(6-8-20)14-12-3-2-4-13(12)16-10-17-14/h9-10H,2-8H2,1H3. The Labute approximate surface area is 128 Å². The minimum atomic E-state index is 1.02. The third kappa shape index (κ3) is 2.37. The normalized spacial score (nSPS) is 18.1. The average Bonchev–Trinajstić information content (AvgIpc) is 3.15. The molecule has 2 aliphatic rings. The predicted molar refractivity (Wildman–Crippen MR) is 85.3 cm³/mol. The molecule has 0 N–H and O–H groups in total. The summed E-state index contributed by atoms with van der Waals surface area (Å²) in [5, 5.41) is 3.28. The molecular weight excluding hydrogens is 282 g/mol. The molecular formula is C15H19N5S. The first-order valence-corrected chi connectivity index (χ1v) is 8.44.